The highest BCUT2D eigenvalue weighted by Gasteiger charge is 2.09. The molecule has 0 aromatic heterocycles. The van der Waals surface area contributed by atoms with Gasteiger partial charge in [0.15, 0.2) is 12.6 Å². The molecule has 4 nitrogen and oxygen atoms in total. The average molecular weight is 260 g/mol. The van der Waals surface area contributed by atoms with Gasteiger partial charge in [-0.3, -0.25) is 0 Å². The summed E-state index contributed by atoms with van der Waals surface area (Å²) in [6.45, 7) is 5.22. The summed E-state index contributed by atoms with van der Waals surface area (Å²) in [6, 6.07) is 0. The second-order valence-corrected chi connectivity index (χ2v) is 4.10. The van der Waals surface area contributed by atoms with Gasteiger partial charge in [-0.2, -0.15) is 0 Å². The van der Waals surface area contributed by atoms with Gasteiger partial charge in [0.25, 0.3) is 0 Å². The zero-order valence-electron chi connectivity index (χ0n) is 12.3. The molecule has 0 amide bonds. The van der Waals surface area contributed by atoms with Gasteiger partial charge in [-0.05, 0) is 12.8 Å². The van der Waals surface area contributed by atoms with E-state index in [0.29, 0.717) is 12.6 Å². The molecule has 0 rings (SSSR count). The summed E-state index contributed by atoms with van der Waals surface area (Å²) in [5, 5.41) is 0. The quantitative estimate of drug-likeness (QED) is 0.304. The van der Waals surface area contributed by atoms with Gasteiger partial charge in [0, 0.05) is 6.42 Å². The topological polar surface area (TPSA) is 36.9 Å². The molecule has 0 spiro atoms. The Morgan fingerprint density at radius 2 is 1.61 bits per heavy atom. The molecule has 4 heteroatoms. The Morgan fingerprint density at radius 1 is 0.889 bits per heavy atom. The first-order valence-electron chi connectivity index (χ1n) is 6.81. The van der Waals surface area contributed by atoms with Crippen LogP contribution in [0.5, 0.6) is 0 Å². The monoisotopic (exact) mass is 260 g/mol. The van der Waals surface area contributed by atoms with E-state index in [0.717, 1.165) is 31.4 Å². The molecular formula is C14H28O4. The van der Waals surface area contributed by atoms with Crippen LogP contribution in [0, 0.1) is 0 Å². The summed E-state index contributed by atoms with van der Waals surface area (Å²) >= 11 is 0. The molecule has 0 atom stereocenters. The average Bonchev–Trinajstić information content (AvgIpc) is 2.40. The van der Waals surface area contributed by atoms with Crippen molar-refractivity contribution in [2.45, 2.75) is 52.4 Å². The Hall–Kier alpha value is -0.900. The molecule has 0 unspecified atom stereocenters. The van der Waals surface area contributed by atoms with Crippen molar-refractivity contribution in [2.75, 3.05) is 27.6 Å². The predicted molar refractivity (Wildman–Crippen MR) is 72.0 cm³/mol. The Bertz CT molecular complexity index is 214. The van der Waals surface area contributed by atoms with Crippen molar-refractivity contribution < 1.29 is 18.9 Å². The van der Waals surface area contributed by atoms with Crippen LogP contribution in [0.2, 0.25) is 0 Å². The van der Waals surface area contributed by atoms with E-state index in [9.17, 15) is 0 Å². The highest BCUT2D eigenvalue weighted by Crippen LogP contribution is 2.16. The highest BCUT2D eigenvalue weighted by molar-refractivity contribution is 4.94. The minimum atomic E-state index is 0.212. The van der Waals surface area contributed by atoms with Crippen molar-refractivity contribution in [1.29, 1.82) is 0 Å². The van der Waals surface area contributed by atoms with Crippen LogP contribution in [-0.2, 0) is 18.9 Å². The summed E-state index contributed by atoms with van der Waals surface area (Å²) in [4.78, 5) is 0. The van der Waals surface area contributed by atoms with E-state index < -0.39 is 0 Å². The van der Waals surface area contributed by atoms with E-state index in [-0.39, 0.29) is 6.79 Å². The third-order valence-electron chi connectivity index (χ3n) is 2.58. The Balaban J connectivity index is 4.04. The number of hydrogen-bond acceptors (Lipinski definition) is 4. The number of rotatable bonds is 12. The largest absolute Gasteiger partial charge is 0.494 e. The lowest BCUT2D eigenvalue weighted by molar-refractivity contribution is -0.0745. The standard InChI is InChI=1S/C14H28O4/c1-5-7-9-10-13(15-3)14(16-4)18-12-17-11-8-6-2/h5-12H2,1-4H3. The van der Waals surface area contributed by atoms with E-state index >= 15 is 0 Å². The molecule has 0 bridgehead atoms. The summed E-state index contributed by atoms with van der Waals surface area (Å²) in [5.74, 6) is 1.19. The van der Waals surface area contributed by atoms with E-state index in [2.05, 4.69) is 13.8 Å². The van der Waals surface area contributed by atoms with Crippen molar-refractivity contribution in [3.8, 4) is 0 Å². The van der Waals surface area contributed by atoms with Gasteiger partial charge in [0.2, 0.25) is 0 Å². The molecule has 0 aromatic rings. The maximum Gasteiger partial charge on any atom is 0.320 e. The molecule has 0 saturated carbocycles. The van der Waals surface area contributed by atoms with Crippen molar-refractivity contribution >= 4 is 0 Å². The van der Waals surface area contributed by atoms with Gasteiger partial charge >= 0.3 is 5.95 Å². The van der Waals surface area contributed by atoms with Crippen molar-refractivity contribution in [1.82, 2.24) is 0 Å². The molecule has 0 aromatic carbocycles. The summed E-state index contributed by atoms with van der Waals surface area (Å²) in [7, 11) is 3.22. The molecule has 0 heterocycles. The van der Waals surface area contributed by atoms with Crippen molar-refractivity contribution in [3.63, 3.8) is 0 Å². The third-order valence-corrected chi connectivity index (χ3v) is 2.58. The van der Waals surface area contributed by atoms with Crippen molar-refractivity contribution in [3.05, 3.63) is 11.7 Å². The van der Waals surface area contributed by atoms with Crippen LogP contribution in [0.4, 0.5) is 0 Å². The molecular weight excluding hydrogens is 232 g/mol. The summed E-state index contributed by atoms with van der Waals surface area (Å²) < 4.78 is 21.3. The fourth-order valence-electron chi connectivity index (χ4n) is 1.48. The van der Waals surface area contributed by atoms with Crippen LogP contribution >= 0.6 is 0 Å². The Labute approximate surface area is 111 Å². The maximum absolute atomic E-state index is 5.43. The lowest BCUT2D eigenvalue weighted by Gasteiger charge is -2.14. The molecule has 0 aliphatic carbocycles. The number of hydrogen-bond donors (Lipinski definition) is 0. The number of methoxy groups -OCH3 is 2. The lowest BCUT2D eigenvalue weighted by atomic mass is 10.2. The van der Waals surface area contributed by atoms with E-state index in [4.69, 9.17) is 18.9 Å². The van der Waals surface area contributed by atoms with Gasteiger partial charge < -0.3 is 18.9 Å². The van der Waals surface area contributed by atoms with Crippen LogP contribution in [-0.4, -0.2) is 27.6 Å². The molecule has 0 aliphatic rings. The molecule has 0 N–H and O–H groups in total. The number of allylic oxidation sites excluding steroid dienone is 1. The normalized spacial score (nSPS) is 12.0. The predicted octanol–water partition coefficient (Wildman–Crippen LogP) is 3.82. The van der Waals surface area contributed by atoms with E-state index in [1.807, 2.05) is 0 Å². The SMILES string of the molecule is CCCCCC(OC)=C(OC)OCOCCCC. The first-order chi connectivity index (χ1) is 8.79. The van der Waals surface area contributed by atoms with E-state index in [1.165, 1.54) is 12.8 Å². The van der Waals surface area contributed by atoms with Crippen LogP contribution in [0.1, 0.15) is 52.4 Å². The number of ether oxygens (including phenoxy) is 4. The minimum absolute atomic E-state index is 0.212. The minimum Gasteiger partial charge on any atom is -0.494 e. The molecule has 0 radical (unpaired) electrons. The van der Waals surface area contributed by atoms with Gasteiger partial charge in [-0.25, -0.2) is 0 Å². The molecule has 0 aliphatic heterocycles. The van der Waals surface area contributed by atoms with E-state index in [1.54, 1.807) is 14.2 Å². The fraction of sp³-hybridized carbons (Fsp3) is 0.857. The van der Waals surface area contributed by atoms with Gasteiger partial charge in [-0.1, -0.05) is 33.1 Å². The van der Waals surface area contributed by atoms with Crippen molar-refractivity contribution in [2.24, 2.45) is 0 Å². The lowest BCUT2D eigenvalue weighted by Crippen LogP contribution is -2.06. The van der Waals surface area contributed by atoms with Gasteiger partial charge in [0.05, 0.1) is 20.8 Å². The van der Waals surface area contributed by atoms with Crippen LogP contribution in [0.15, 0.2) is 11.7 Å². The zero-order chi connectivity index (χ0) is 13.6. The van der Waals surface area contributed by atoms with Crippen LogP contribution < -0.4 is 0 Å². The highest BCUT2D eigenvalue weighted by atomic mass is 16.7. The van der Waals surface area contributed by atoms with Crippen LogP contribution in [0.25, 0.3) is 0 Å². The fourth-order valence-corrected chi connectivity index (χ4v) is 1.48. The molecule has 0 saturated heterocycles. The zero-order valence-corrected chi connectivity index (χ0v) is 12.3. The Morgan fingerprint density at radius 3 is 2.17 bits per heavy atom. The second kappa shape index (κ2) is 12.6. The first-order valence-corrected chi connectivity index (χ1v) is 6.81. The number of unbranched alkanes of at least 4 members (excludes halogenated alkanes) is 3. The first kappa shape index (κ1) is 17.1. The van der Waals surface area contributed by atoms with Crippen LogP contribution in [0.3, 0.4) is 0 Å². The smallest absolute Gasteiger partial charge is 0.320 e. The third kappa shape index (κ3) is 8.23. The molecule has 0 fully saturated rings. The Kier molecular flexibility index (Phi) is 11.9. The molecule has 108 valence electrons. The maximum atomic E-state index is 5.43. The summed E-state index contributed by atoms with van der Waals surface area (Å²) in [5.41, 5.74) is 0. The second-order valence-electron chi connectivity index (χ2n) is 4.10. The van der Waals surface area contributed by atoms with Gasteiger partial charge in [0.1, 0.15) is 0 Å². The summed E-state index contributed by atoms with van der Waals surface area (Å²) in [6.07, 6.45) is 6.43. The molecule has 18 heavy (non-hydrogen) atoms. The van der Waals surface area contributed by atoms with Gasteiger partial charge in [-0.15, -0.1) is 0 Å².